The Bertz CT molecular complexity index is 783. The Balaban J connectivity index is 2.23. The Morgan fingerprint density at radius 1 is 1.04 bits per heavy atom. The van der Waals surface area contributed by atoms with Crippen LogP contribution in [0.4, 0.5) is 5.69 Å². The maximum atomic E-state index is 12.2. The van der Waals surface area contributed by atoms with Gasteiger partial charge in [-0.05, 0) is 23.8 Å². The summed E-state index contributed by atoms with van der Waals surface area (Å²) in [7, 11) is 1.46. The summed E-state index contributed by atoms with van der Waals surface area (Å²) in [6.45, 7) is 0. The summed E-state index contributed by atoms with van der Waals surface area (Å²) in [5.41, 5.74) is 0.925. The monoisotopic (exact) mass is 325 g/mol. The molecule has 0 atom stereocenters. The molecule has 2 rings (SSSR count). The van der Waals surface area contributed by atoms with E-state index < -0.39 is 16.7 Å². The van der Waals surface area contributed by atoms with Crippen molar-refractivity contribution >= 4 is 23.6 Å². The molecule has 2 N–H and O–H groups in total. The minimum Gasteiger partial charge on any atom is -0.354 e. The van der Waals surface area contributed by atoms with Gasteiger partial charge in [-0.1, -0.05) is 30.3 Å². The van der Waals surface area contributed by atoms with Gasteiger partial charge in [-0.25, -0.2) is 0 Å². The SMILES string of the molecule is CNC(=O)/C(=C\c1ccccc1)NC(=O)c1ccc([N+](=O)[O-])cc1. The van der Waals surface area contributed by atoms with Crippen LogP contribution in [-0.2, 0) is 4.79 Å². The largest absolute Gasteiger partial charge is 0.354 e. The lowest BCUT2D eigenvalue weighted by atomic mass is 10.1. The molecule has 2 amide bonds. The minimum atomic E-state index is -0.549. The fourth-order valence-corrected chi connectivity index (χ4v) is 1.94. The first kappa shape index (κ1) is 16.9. The summed E-state index contributed by atoms with van der Waals surface area (Å²) < 4.78 is 0. The Morgan fingerprint density at radius 3 is 2.21 bits per heavy atom. The second kappa shape index (κ2) is 7.68. The molecule has 0 radical (unpaired) electrons. The van der Waals surface area contributed by atoms with Crippen LogP contribution in [0.1, 0.15) is 15.9 Å². The molecule has 0 heterocycles. The molecule has 7 nitrogen and oxygen atoms in total. The number of nitrogens with zero attached hydrogens (tertiary/aromatic N) is 1. The highest BCUT2D eigenvalue weighted by atomic mass is 16.6. The molecule has 24 heavy (non-hydrogen) atoms. The van der Waals surface area contributed by atoms with E-state index in [1.807, 2.05) is 18.2 Å². The molecule has 0 saturated heterocycles. The highest BCUT2D eigenvalue weighted by Gasteiger charge is 2.14. The highest BCUT2D eigenvalue weighted by molar-refractivity contribution is 6.05. The average Bonchev–Trinajstić information content (AvgIpc) is 2.61. The fourth-order valence-electron chi connectivity index (χ4n) is 1.94. The van der Waals surface area contributed by atoms with Crippen LogP contribution in [0, 0.1) is 10.1 Å². The quantitative estimate of drug-likeness (QED) is 0.499. The van der Waals surface area contributed by atoms with Crippen LogP contribution in [0.2, 0.25) is 0 Å². The van der Waals surface area contributed by atoms with Gasteiger partial charge < -0.3 is 10.6 Å². The zero-order valence-corrected chi connectivity index (χ0v) is 12.9. The van der Waals surface area contributed by atoms with Crippen molar-refractivity contribution in [2.24, 2.45) is 0 Å². The molecule has 2 aromatic rings. The molecular weight excluding hydrogens is 310 g/mol. The molecule has 0 aliphatic rings. The van der Waals surface area contributed by atoms with E-state index in [1.54, 1.807) is 18.2 Å². The molecule has 0 unspecified atom stereocenters. The zero-order valence-electron chi connectivity index (χ0n) is 12.9. The first-order valence-electron chi connectivity index (χ1n) is 7.06. The molecule has 0 spiro atoms. The molecule has 0 aliphatic heterocycles. The number of nitro benzene ring substituents is 1. The molecule has 2 aromatic carbocycles. The second-order valence-corrected chi connectivity index (χ2v) is 4.81. The topological polar surface area (TPSA) is 101 Å². The van der Waals surface area contributed by atoms with Crippen LogP contribution < -0.4 is 10.6 Å². The number of rotatable bonds is 5. The number of non-ortho nitro benzene ring substituents is 1. The number of nitrogens with one attached hydrogen (secondary N) is 2. The van der Waals surface area contributed by atoms with E-state index in [-0.39, 0.29) is 16.9 Å². The lowest BCUT2D eigenvalue weighted by molar-refractivity contribution is -0.384. The number of likely N-dealkylation sites (N-methyl/N-ethyl adjacent to an activating group) is 1. The van der Waals surface area contributed by atoms with E-state index in [0.717, 1.165) is 5.56 Å². The Morgan fingerprint density at radius 2 is 1.67 bits per heavy atom. The number of hydrogen-bond donors (Lipinski definition) is 2. The van der Waals surface area contributed by atoms with Crippen molar-refractivity contribution in [3.63, 3.8) is 0 Å². The van der Waals surface area contributed by atoms with Crippen molar-refractivity contribution in [3.8, 4) is 0 Å². The van der Waals surface area contributed by atoms with Crippen molar-refractivity contribution in [1.82, 2.24) is 10.6 Å². The Hall–Kier alpha value is -3.48. The van der Waals surface area contributed by atoms with E-state index in [1.165, 1.54) is 31.3 Å². The van der Waals surface area contributed by atoms with E-state index in [0.29, 0.717) is 0 Å². The number of carbonyl (C=O) groups excluding carboxylic acids is 2. The molecule has 0 aromatic heterocycles. The van der Waals surface area contributed by atoms with Crippen LogP contribution in [0.15, 0.2) is 60.3 Å². The predicted molar refractivity (Wildman–Crippen MR) is 89.0 cm³/mol. The van der Waals surface area contributed by atoms with Crippen molar-refractivity contribution in [2.45, 2.75) is 0 Å². The van der Waals surface area contributed by atoms with E-state index in [4.69, 9.17) is 0 Å². The Labute approximate surface area is 138 Å². The Kier molecular flexibility index (Phi) is 5.40. The maximum Gasteiger partial charge on any atom is 0.269 e. The van der Waals surface area contributed by atoms with Crippen molar-refractivity contribution in [2.75, 3.05) is 7.05 Å². The molecular formula is C17H15N3O4. The van der Waals surface area contributed by atoms with Crippen molar-refractivity contribution in [3.05, 3.63) is 81.5 Å². The van der Waals surface area contributed by atoms with Crippen LogP contribution in [0.3, 0.4) is 0 Å². The molecule has 7 heteroatoms. The normalized spacial score (nSPS) is 10.8. The number of benzene rings is 2. The van der Waals surface area contributed by atoms with Crippen molar-refractivity contribution < 1.29 is 14.5 Å². The lowest BCUT2D eigenvalue weighted by Gasteiger charge is -2.09. The smallest absolute Gasteiger partial charge is 0.269 e. The number of hydrogen-bond acceptors (Lipinski definition) is 4. The first-order chi connectivity index (χ1) is 11.5. The number of nitro groups is 1. The third-order valence-electron chi connectivity index (χ3n) is 3.17. The second-order valence-electron chi connectivity index (χ2n) is 4.81. The molecule has 122 valence electrons. The summed E-state index contributed by atoms with van der Waals surface area (Å²) in [5, 5.41) is 15.6. The third kappa shape index (κ3) is 4.26. The van der Waals surface area contributed by atoms with Crippen molar-refractivity contribution in [1.29, 1.82) is 0 Å². The van der Waals surface area contributed by atoms with Crippen LogP contribution in [0.25, 0.3) is 6.08 Å². The average molecular weight is 325 g/mol. The van der Waals surface area contributed by atoms with Gasteiger partial charge in [0.05, 0.1) is 4.92 Å². The summed E-state index contributed by atoms with van der Waals surface area (Å²) in [5.74, 6) is -0.982. The standard InChI is InChI=1S/C17H15N3O4/c1-18-17(22)15(11-12-5-3-2-4-6-12)19-16(21)13-7-9-14(10-8-13)20(23)24/h2-11H,1H3,(H,18,22)(H,19,21)/b15-11+. The van der Waals surface area contributed by atoms with Gasteiger partial charge in [0.1, 0.15) is 5.70 Å². The van der Waals surface area contributed by atoms with Gasteiger partial charge in [-0.2, -0.15) is 0 Å². The summed E-state index contributed by atoms with van der Waals surface area (Å²) >= 11 is 0. The third-order valence-corrected chi connectivity index (χ3v) is 3.17. The lowest BCUT2D eigenvalue weighted by Crippen LogP contribution is -2.33. The van der Waals surface area contributed by atoms with Gasteiger partial charge in [-0.3, -0.25) is 19.7 Å². The van der Waals surface area contributed by atoms with Crippen LogP contribution >= 0.6 is 0 Å². The molecule has 0 fully saturated rings. The molecule has 0 saturated carbocycles. The fraction of sp³-hybridized carbons (Fsp3) is 0.0588. The maximum absolute atomic E-state index is 12.2. The van der Waals surface area contributed by atoms with Gasteiger partial charge >= 0.3 is 0 Å². The summed E-state index contributed by atoms with van der Waals surface area (Å²) in [6, 6.07) is 14.2. The van der Waals surface area contributed by atoms with E-state index >= 15 is 0 Å². The molecule has 0 aliphatic carbocycles. The predicted octanol–water partition coefficient (Wildman–Crippen LogP) is 2.11. The van der Waals surface area contributed by atoms with Gasteiger partial charge in [0.15, 0.2) is 0 Å². The van der Waals surface area contributed by atoms with Gasteiger partial charge in [0.25, 0.3) is 17.5 Å². The number of carbonyl (C=O) groups is 2. The van der Waals surface area contributed by atoms with E-state index in [9.17, 15) is 19.7 Å². The first-order valence-corrected chi connectivity index (χ1v) is 7.06. The van der Waals surface area contributed by atoms with Crippen LogP contribution in [0.5, 0.6) is 0 Å². The van der Waals surface area contributed by atoms with Gasteiger partial charge in [0, 0.05) is 24.7 Å². The highest BCUT2D eigenvalue weighted by Crippen LogP contribution is 2.12. The molecule has 0 bridgehead atoms. The minimum absolute atomic E-state index is 0.0760. The van der Waals surface area contributed by atoms with Gasteiger partial charge in [-0.15, -0.1) is 0 Å². The van der Waals surface area contributed by atoms with E-state index in [2.05, 4.69) is 10.6 Å². The van der Waals surface area contributed by atoms with Gasteiger partial charge in [0.2, 0.25) is 0 Å². The summed E-state index contributed by atoms with van der Waals surface area (Å²) in [4.78, 5) is 34.3. The van der Waals surface area contributed by atoms with Crippen LogP contribution in [-0.4, -0.2) is 23.8 Å². The number of amides is 2. The summed E-state index contributed by atoms with van der Waals surface area (Å²) in [6.07, 6.45) is 1.54. The zero-order chi connectivity index (χ0) is 17.5.